The highest BCUT2D eigenvalue weighted by atomic mass is 16.5. The Kier molecular flexibility index (Phi) is 5.26. The first-order chi connectivity index (χ1) is 7.47. The highest BCUT2D eigenvalue weighted by molar-refractivity contribution is 4.88. The molecule has 1 saturated carbocycles. The fourth-order valence-electron chi connectivity index (χ4n) is 3.09. The van der Waals surface area contributed by atoms with Crippen LogP contribution in [0.15, 0.2) is 0 Å². The smallest absolute Gasteiger partial charge is 0.0810 e. The molecule has 0 amide bonds. The molecule has 1 aliphatic rings. The molecule has 0 heterocycles. The third kappa shape index (κ3) is 4.06. The van der Waals surface area contributed by atoms with E-state index in [9.17, 15) is 0 Å². The third-order valence-electron chi connectivity index (χ3n) is 3.68. The molecular formula is C14H29NO. The van der Waals surface area contributed by atoms with Gasteiger partial charge in [0.05, 0.1) is 11.7 Å². The van der Waals surface area contributed by atoms with Crippen LogP contribution >= 0.6 is 0 Å². The van der Waals surface area contributed by atoms with Crippen molar-refractivity contribution >= 4 is 0 Å². The number of nitrogens with two attached hydrogens (primary N) is 1. The summed E-state index contributed by atoms with van der Waals surface area (Å²) >= 11 is 0. The Balaban J connectivity index is 2.52. The van der Waals surface area contributed by atoms with Crippen molar-refractivity contribution in [1.82, 2.24) is 0 Å². The maximum atomic E-state index is 6.28. The Morgan fingerprint density at radius 1 is 1.38 bits per heavy atom. The predicted octanol–water partition coefficient (Wildman–Crippen LogP) is 3.35. The first kappa shape index (κ1) is 14.0. The van der Waals surface area contributed by atoms with Crippen LogP contribution in [0, 0.1) is 11.8 Å². The SMILES string of the molecule is CC(C)CC(C)OC1(CN)CCCC(C)C1. The molecule has 0 spiro atoms. The number of hydrogen-bond acceptors (Lipinski definition) is 2. The second kappa shape index (κ2) is 6.02. The van der Waals surface area contributed by atoms with E-state index >= 15 is 0 Å². The minimum Gasteiger partial charge on any atom is -0.371 e. The molecule has 2 heteroatoms. The molecule has 1 aliphatic carbocycles. The fraction of sp³-hybridized carbons (Fsp3) is 1.00. The minimum absolute atomic E-state index is 0.0219. The van der Waals surface area contributed by atoms with E-state index < -0.39 is 0 Å². The molecule has 0 radical (unpaired) electrons. The molecule has 0 aromatic carbocycles. The molecule has 2 nitrogen and oxygen atoms in total. The predicted molar refractivity (Wildman–Crippen MR) is 69.4 cm³/mol. The summed E-state index contributed by atoms with van der Waals surface area (Å²) in [6, 6.07) is 0. The van der Waals surface area contributed by atoms with E-state index in [1.807, 2.05) is 0 Å². The lowest BCUT2D eigenvalue weighted by molar-refractivity contribution is -0.115. The summed E-state index contributed by atoms with van der Waals surface area (Å²) in [6.45, 7) is 9.69. The van der Waals surface area contributed by atoms with Crippen molar-refractivity contribution in [3.63, 3.8) is 0 Å². The van der Waals surface area contributed by atoms with Crippen molar-refractivity contribution < 1.29 is 4.74 Å². The average Bonchev–Trinajstić information content (AvgIpc) is 2.16. The largest absolute Gasteiger partial charge is 0.371 e. The van der Waals surface area contributed by atoms with Crippen LogP contribution in [0.5, 0.6) is 0 Å². The van der Waals surface area contributed by atoms with Gasteiger partial charge in [-0.25, -0.2) is 0 Å². The molecule has 0 aromatic heterocycles. The molecule has 16 heavy (non-hydrogen) atoms. The van der Waals surface area contributed by atoms with Crippen molar-refractivity contribution in [3.05, 3.63) is 0 Å². The summed E-state index contributed by atoms with van der Waals surface area (Å²) in [4.78, 5) is 0. The lowest BCUT2D eigenvalue weighted by Crippen LogP contribution is -2.46. The first-order valence-corrected chi connectivity index (χ1v) is 6.85. The first-order valence-electron chi connectivity index (χ1n) is 6.85. The van der Waals surface area contributed by atoms with E-state index in [1.165, 1.54) is 12.8 Å². The zero-order chi connectivity index (χ0) is 12.2. The lowest BCUT2D eigenvalue weighted by Gasteiger charge is -2.41. The van der Waals surface area contributed by atoms with Crippen molar-refractivity contribution in [3.8, 4) is 0 Å². The fourth-order valence-corrected chi connectivity index (χ4v) is 3.09. The van der Waals surface area contributed by atoms with E-state index in [0.29, 0.717) is 18.6 Å². The van der Waals surface area contributed by atoms with Crippen LogP contribution < -0.4 is 5.73 Å². The van der Waals surface area contributed by atoms with E-state index in [1.54, 1.807) is 0 Å². The van der Waals surface area contributed by atoms with Gasteiger partial charge in [0.1, 0.15) is 0 Å². The molecule has 1 fully saturated rings. The van der Waals surface area contributed by atoms with E-state index in [-0.39, 0.29) is 5.60 Å². The van der Waals surface area contributed by atoms with Crippen molar-refractivity contribution in [1.29, 1.82) is 0 Å². The van der Waals surface area contributed by atoms with E-state index in [2.05, 4.69) is 27.7 Å². The van der Waals surface area contributed by atoms with Crippen LogP contribution in [0.25, 0.3) is 0 Å². The summed E-state index contributed by atoms with van der Waals surface area (Å²) in [6.07, 6.45) is 6.38. The van der Waals surface area contributed by atoms with E-state index in [4.69, 9.17) is 10.5 Å². The molecule has 3 unspecified atom stereocenters. The molecule has 3 atom stereocenters. The van der Waals surface area contributed by atoms with Gasteiger partial charge in [-0.2, -0.15) is 0 Å². The summed E-state index contributed by atoms with van der Waals surface area (Å²) in [5, 5.41) is 0. The van der Waals surface area contributed by atoms with Crippen molar-refractivity contribution in [2.24, 2.45) is 17.6 Å². The maximum absolute atomic E-state index is 6.28. The van der Waals surface area contributed by atoms with Crippen LogP contribution in [0.1, 0.15) is 59.8 Å². The summed E-state index contributed by atoms with van der Waals surface area (Å²) in [7, 11) is 0. The highest BCUT2D eigenvalue weighted by Crippen LogP contribution is 2.35. The molecule has 0 aromatic rings. The van der Waals surface area contributed by atoms with Gasteiger partial charge in [-0.05, 0) is 38.0 Å². The lowest BCUT2D eigenvalue weighted by atomic mass is 9.78. The second-order valence-corrected chi connectivity index (χ2v) is 6.15. The Hall–Kier alpha value is -0.0800. The van der Waals surface area contributed by atoms with Crippen molar-refractivity contribution in [2.75, 3.05) is 6.54 Å². The molecule has 2 N–H and O–H groups in total. The quantitative estimate of drug-likeness (QED) is 0.781. The molecule has 0 bridgehead atoms. The topological polar surface area (TPSA) is 35.2 Å². The van der Waals surface area contributed by atoms with Crippen LogP contribution in [-0.2, 0) is 4.74 Å². The van der Waals surface area contributed by atoms with Gasteiger partial charge in [0.2, 0.25) is 0 Å². The normalized spacial score (nSPS) is 33.0. The maximum Gasteiger partial charge on any atom is 0.0810 e. The van der Waals surface area contributed by atoms with Crippen LogP contribution in [-0.4, -0.2) is 18.2 Å². The second-order valence-electron chi connectivity index (χ2n) is 6.15. The standard InChI is InChI=1S/C14H29NO/c1-11(2)8-13(4)16-14(10-15)7-5-6-12(3)9-14/h11-13H,5-10,15H2,1-4H3. The Labute approximate surface area is 101 Å². The zero-order valence-corrected chi connectivity index (χ0v) is 11.5. The van der Waals surface area contributed by atoms with Crippen LogP contribution in [0.4, 0.5) is 0 Å². The highest BCUT2D eigenvalue weighted by Gasteiger charge is 2.35. The van der Waals surface area contributed by atoms with Crippen LogP contribution in [0.2, 0.25) is 0 Å². The molecular weight excluding hydrogens is 198 g/mol. The van der Waals surface area contributed by atoms with Gasteiger partial charge >= 0.3 is 0 Å². The van der Waals surface area contributed by atoms with Gasteiger partial charge < -0.3 is 10.5 Å². The van der Waals surface area contributed by atoms with Crippen molar-refractivity contribution in [2.45, 2.75) is 71.5 Å². The number of hydrogen-bond donors (Lipinski definition) is 1. The summed E-state index contributed by atoms with van der Waals surface area (Å²) in [5.74, 6) is 1.47. The minimum atomic E-state index is -0.0219. The van der Waals surface area contributed by atoms with Gasteiger partial charge in [-0.1, -0.05) is 33.6 Å². The molecule has 0 saturated heterocycles. The molecule has 0 aliphatic heterocycles. The average molecular weight is 227 g/mol. The Morgan fingerprint density at radius 3 is 2.56 bits per heavy atom. The third-order valence-corrected chi connectivity index (χ3v) is 3.68. The molecule has 96 valence electrons. The summed E-state index contributed by atoms with van der Waals surface area (Å²) in [5.41, 5.74) is 5.93. The monoisotopic (exact) mass is 227 g/mol. The molecule has 1 rings (SSSR count). The van der Waals surface area contributed by atoms with Gasteiger partial charge in [0.15, 0.2) is 0 Å². The Morgan fingerprint density at radius 2 is 2.06 bits per heavy atom. The van der Waals surface area contributed by atoms with Gasteiger partial charge in [0, 0.05) is 6.54 Å². The van der Waals surface area contributed by atoms with Gasteiger partial charge in [-0.3, -0.25) is 0 Å². The number of ether oxygens (including phenoxy) is 1. The van der Waals surface area contributed by atoms with Gasteiger partial charge in [0.25, 0.3) is 0 Å². The zero-order valence-electron chi connectivity index (χ0n) is 11.5. The number of rotatable bonds is 5. The van der Waals surface area contributed by atoms with E-state index in [0.717, 1.165) is 25.2 Å². The summed E-state index contributed by atoms with van der Waals surface area (Å²) < 4.78 is 6.28. The van der Waals surface area contributed by atoms with Crippen LogP contribution in [0.3, 0.4) is 0 Å². The van der Waals surface area contributed by atoms with Gasteiger partial charge in [-0.15, -0.1) is 0 Å². The Bertz CT molecular complexity index is 205.